The summed E-state index contributed by atoms with van der Waals surface area (Å²) >= 11 is 0. The molecule has 0 bridgehead atoms. The van der Waals surface area contributed by atoms with Gasteiger partial charge < -0.3 is 25.6 Å². The Morgan fingerprint density at radius 1 is 0.833 bits per heavy atom. The number of benzene rings is 4. The van der Waals surface area contributed by atoms with Gasteiger partial charge >= 0.3 is 12.0 Å². The molecule has 48 heavy (non-hydrogen) atoms. The molecule has 5 rings (SSSR count). The molecular weight excluding hydrogens is 610 g/mol. The zero-order chi connectivity index (χ0) is 33.9. The van der Waals surface area contributed by atoms with Crippen LogP contribution in [0.25, 0.3) is 11.1 Å². The van der Waals surface area contributed by atoms with Crippen LogP contribution in [0.4, 0.5) is 4.79 Å². The predicted octanol–water partition coefficient (Wildman–Crippen LogP) is 4.35. The Balaban J connectivity index is 1.36. The second-order valence-corrected chi connectivity index (χ2v) is 11.2. The maximum absolute atomic E-state index is 13.2. The van der Waals surface area contributed by atoms with Gasteiger partial charge in [-0.3, -0.25) is 14.6 Å². The number of carboxylic acid groups (broad SMARTS) is 1. The van der Waals surface area contributed by atoms with Gasteiger partial charge in [0.15, 0.2) is 0 Å². The van der Waals surface area contributed by atoms with E-state index in [2.05, 4.69) is 26.2 Å². The molecule has 0 aliphatic heterocycles. The fourth-order valence-electron chi connectivity index (χ4n) is 5.74. The molecule has 0 radical (unpaired) electrons. The molecule has 4 aromatic rings. The molecule has 0 spiro atoms. The van der Waals surface area contributed by atoms with Gasteiger partial charge in [-0.25, -0.2) is 10.2 Å². The highest BCUT2D eigenvalue weighted by Crippen LogP contribution is 2.44. The smallest absolute Gasteiger partial charge is 0.335 e. The molecule has 0 fully saturated rings. The topological polar surface area (TPSA) is 165 Å². The molecule has 11 nitrogen and oxygen atoms in total. The number of aliphatic carboxylic acids is 1. The number of amides is 3. The first-order valence-corrected chi connectivity index (χ1v) is 15.7. The van der Waals surface area contributed by atoms with Gasteiger partial charge in [-0.05, 0) is 39.8 Å². The molecular formula is C37H36N5O6-. The van der Waals surface area contributed by atoms with Crippen molar-refractivity contribution in [1.29, 1.82) is 0 Å². The standard InChI is InChI=1S/C37H37N5O6/c1-2-13-31(39-37(47)48-23-30-28-20-11-9-18-26(28)27-19-10-12-21-29(27)30)34(35(45)38-22-32(43)44)41-42-36(46)40-33(24-14-5-3-6-15-24)25-16-7-4-8-17-25/h3-12,14-21,30-31,33H,2,13,22-23H2,1H3,(H,38,45)(H,39,47)(H,43,44)(H2,40,42,46)/p-1/t31-/m1/s1. The third-order valence-corrected chi connectivity index (χ3v) is 7.93. The summed E-state index contributed by atoms with van der Waals surface area (Å²) in [6.07, 6.45) is -0.220. The predicted molar refractivity (Wildman–Crippen MR) is 180 cm³/mol. The van der Waals surface area contributed by atoms with Crippen molar-refractivity contribution in [1.82, 2.24) is 16.1 Å². The number of ether oxygens (including phenoxy) is 1. The summed E-state index contributed by atoms with van der Waals surface area (Å²) in [5.74, 6) is -2.36. The molecule has 3 amide bonds. The van der Waals surface area contributed by atoms with Gasteiger partial charge in [0.25, 0.3) is 5.91 Å². The van der Waals surface area contributed by atoms with Crippen LogP contribution in [0.2, 0.25) is 0 Å². The van der Waals surface area contributed by atoms with Crippen LogP contribution < -0.4 is 21.2 Å². The summed E-state index contributed by atoms with van der Waals surface area (Å²) in [4.78, 5) is 41.7. The number of nitrogens with zero attached hydrogens (tertiary/aromatic N) is 2. The van der Waals surface area contributed by atoms with Crippen LogP contribution in [0, 0.1) is 0 Å². The van der Waals surface area contributed by atoms with Gasteiger partial charge in [0.05, 0.1) is 6.04 Å². The van der Waals surface area contributed by atoms with Crippen molar-refractivity contribution in [3.63, 3.8) is 0 Å². The highest BCUT2D eigenvalue weighted by atomic mass is 16.6. The molecule has 0 saturated heterocycles. The fraction of sp³-hybridized carbons (Fsp3) is 0.216. The summed E-state index contributed by atoms with van der Waals surface area (Å²) in [6.45, 7) is 1.16. The minimum absolute atomic E-state index is 0.0217. The van der Waals surface area contributed by atoms with Crippen molar-refractivity contribution in [2.75, 3.05) is 13.2 Å². The van der Waals surface area contributed by atoms with E-state index < -0.39 is 42.6 Å². The monoisotopic (exact) mass is 646 g/mol. The Labute approximate surface area is 278 Å². The lowest BCUT2D eigenvalue weighted by atomic mass is 9.98. The van der Waals surface area contributed by atoms with Crippen molar-refractivity contribution in [2.24, 2.45) is 10.1 Å². The number of aliphatic imine (C=N–C) groups is 1. The zero-order valence-electron chi connectivity index (χ0n) is 26.3. The number of hydrazone groups is 1. The molecule has 0 heterocycles. The molecule has 1 aliphatic carbocycles. The third-order valence-electron chi connectivity index (χ3n) is 7.93. The lowest BCUT2D eigenvalue weighted by Crippen LogP contribution is -2.43. The first-order chi connectivity index (χ1) is 23.4. The molecule has 4 aromatic carbocycles. The van der Waals surface area contributed by atoms with Gasteiger partial charge in [0, 0.05) is 12.5 Å². The number of nitrogens with one attached hydrogen (secondary N) is 3. The molecule has 11 heteroatoms. The van der Waals surface area contributed by atoms with E-state index in [1.807, 2.05) is 116 Å². The summed E-state index contributed by atoms with van der Waals surface area (Å²) in [5, 5.41) is 31.5. The SMILES string of the molecule is CCC[C@@H](N=C([O-])OCC1c2ccccc2-c2ccccc21)C(=NNC(=O)NC(c1ccccc1)c1ccccc1)C(=O)NCC(=O)O. The Bertz CT molecular complexity index is 1710. The highest BCUT2D eigenvalue weighted by Gasteiger charge is 2.28. The molecule has 0 unspecified atom stereocenters. The van der Waals surface area contributed by atoms with Crippen molar-refractivity contribution < 1.29 is 29.3 Å². The van der Waals surface area contributed by atoms with Crippen LogP contribution in [-0.4, -0.2) is 54.0 Å². The van der Waals surface area contributed by atoms with Crippen LogP contribution in [0.1, 0.15) is 54.0 Å². The quantitative estimate of drug-likeness (QED) is 0.0959. The molecule has 1 aliphatic rings. The number of carboxylic acids is 1. The lowest BCUT2D eigenvalue weighted by molar-refractivity contribution is -0.251. The van der Waals surface area contributed by atoms with Gasteiger partial charge in [0.1, 0.15) is 24.4 Å². The van der Waals surface area contributed by atoms with Gasteiger partial charge in [-0.1, -0.05) is 123 Å². The number of carbonyl (C=O) groups is 3. The zero-order valence-corrected chi connectivity index (χ0v) is 26.3. The van der Waals surface area contributed by atoms with Gasteiger partial charge in [0.2, 0.25) is 0 Å². The summed E-state index contributed by atoms with van der Waals surface area (Å²) in [7, 11) is 0. The van der Waals surface area contributed by atoms with Crippen molar-refractivity contribution in [3.05, 3.63) is 131 Å². The Hall–Kier alpha value is -5.97. The van der Waals surface area contributed by atoms with E-state index in [0.717, 1.165) is 33.4 Å². The van der Waals surface area contributed by atoms with Crippen LogP contribution in [0.5, 0.6) is 0 Å². The van der Waals surface area contributed by atoms with Crippen LogP contribution in [-0.2, 0) is 14.3 Å². The van der Waals surface area contributed by atoms with Crippen molar-refractivity contribution >= 4 is 29.7 Å². The molecule has 0 aromatic heterocycles. The highest BCUT2D eigenvalue weighted by molar-refractivity contribution is 6.41. The molecule has 4 N–H and O–H groups in total. The maximum Gasteiger partial charge on any atom is 0.335 e. The van der Waals surface area contributed by atoms with Crippen molar-refractivity contribution in [2.45, 2.75) is 37.8 Å². The Kier molecular flexibility index (Phi) is 11.2. The Morgan fingerprint density at radius 2 is 1.38 bits per heavy atom. The van der Waals surface area contributed by atoms with E-state index in [4.69, 9.17) is 9.84 Å². The fourth-order valence-corrected chi connectivity index (χ4v) is 5.74. The minimum Gasteiger partial charge on any atom is -0.599 e. The van der Waals surface area contributed by atoms with Gasteiger partial charge in [-0.2, -0.15) is 5.10 Å². The number of hydrogen-bond donors (Lipinski definition) is 4. The third kappa shape index (κ3) is 8.24. The van der Waals surface area contributed by atoms with Crippen LogP contribution >= 0.6 is 0 Å². The average Bonchev–Trinajstić information content (AvgIpc) is 3.43. The summed E-state index contributed by atoms with van der Waals surface area (Å²) < 4.78 is 5.63. The second-order valence-electron chi connectivity index (χ2n) is 11.2. The average molecular weight is 647 g/mol. The summed E-state index contributed by atoms with van der Waals surface area (Å²) in [6, 6.07) is 32.1. The van der Waals surface area contributed by atoms with E-state index >= 15 is 0 Å². The number of carbonyl (C=O) groups excluding carboxylic acids is 2. The van der Waals surface area contributed by atoms with Crippen molar-refractivity contribution in [3.8, 4) is 11.1 Å². The normalized spacial score (nSPS) is 13.3. The van der Waals surface area contributed by atoms with Gasteiger partial charge in [-0.15, -0.1) is 0 Å². The largest absolute Gasteiger partial charge is 0.599 e. The Morgan fingerprint density at radius 3 is 1.92 bits per heavy atom. The molecule has 0 saturated carbocycles. The second kappa shape index (κ2) is 16.0. The molecule has 1 atom stereocenters. The molecule has 246 valence electrons. The number of fused-ring (bicyclic) bond motifs is 3. The van der Waals surface area contributed by atoms with E-state index in [0.29, 0.717) is 6.42 Å². The maximum atomic E-state index is 13.2. The summed E-state index contributed by atoms with van der Waals surface area (Å²) in [5.41, 5.74) is 7.86. The number of urea groups is 1. The number of hydrogen-bond acceptors (Lipinski definition) is 7. The number of rotatable bonds is 13. The van der Waals surface area contributed by atoms with E-state index in [9.17, 15) is 19.5 Å². The van der Waals surface area contributed by atoms with E-state index in [-0.39, 0.29) is 24.7 Å². The van der Waals surface area contributed by atoms with Crippen LogP contribution in [0.3, 0.4) is 0 Å². The van der Waals surface area contributed by atoms with Crippen LogP contribution in [0.15, 0.2) is 119 Å². The first-order valence-electron chi connectivity index (χ1n) is 15.7. The lowest BCUT2D eigenvalue weighted by Gasteiger charge is -2.23. The first kappa shape index (κ1) is 33.4. The van der Waals surface area contributed by atoms with E-state index in [1.165, 1.54) is 0 Å². The minimum atomic E-state index is -1.28. The van der Waals surface area contributed by atoms with E-state index in [1.54, 1.807) is 0 Å².